The standard InChI is InChI=1S/C26H36N2O2/c1-2-30-26-6-4-3-5-25(26)21-27-13-11-23(12-14-27)19-22-7-9-24(10-8-22)20-28-15-17-29-18-16-28/h3-10,23H,2,11-21H2,1H3. The number of rotatable bonds is 8. The summed E-state index contributed by atoms with van der Waals surface area (Å²) in [6.07, 6.45) is 3.78. The van der Waals surface area contributed by atoms with Crippen molar-refractivity contribution < 1.29 is 9.47 Å². The van der Waals surface area contributed by atoms with Crippen LogP contribution < -0.4 is 4.74 Å². The number of nitrogens with zero attached hydrogens (tertiary/aromatic N) is 2. The van der Waals surface area contributed by atoms with Crippen molar-refractivity contribution in [2.75, 3.05) is 46.0 Å². The number of hydrogen-bond acceptors (Lipinski definition) is 4. The Bertz CT molecular complexity index is 763. The predicted molar refractivity (Wildman–Crippen MR) is 122 cm³/mol. The van der Waals surface area contributed by atoms with E-state index in [-0.39, 0.29) is 0 Å². The summed E-state index contributed by atoms with van der Waals surface area (Å²) in [5.41, 5.74) is 4.22. The SMILES string of the molecule is CCOc1ccccc1CN1CCC(Cc2ccc(CN3CCOCC3)cc2)CC1. The highest BCUT2D eigenvalue weighted by Crippen LogP contribution is 2.26. The monoisotopic (exact) mass is 408 g/mol. The van der Waals surface area contributed by atoms with Crippen LogP contribution in [0.5, 0.6) is 5.75 Å². The van der Waals surface area contributed by atoms with E-state index in [4.69, 9.17) is 9.47 Å². The molecule has 0 spiro atoms. The molecule has 2 aromatic carbocycles. The maximum Gasteiger partial charge on any atom is 0.123 e. The summed E-state index contributed by atoms with van der Waals surface area (Å²) in [4.78, 5) is 5.07. The van der Waals surface area contributed by atoms with Gasteiger partial charge in [0, 0.05) is 31.7 Å². The lowest BCUT2D eigenvalue weighted by Gasteiger charge is -2.32. The Hall–Kier alpha value is -1.88. The van der Waals surface area contributed by atoms with Crippen LogP contribution in [-0.2, 0) is 24.2 Å². The average Bonchev–Trinajstić information content (AvgIpc) is 2.79. The fourth-order valence-corrected chi connectivity index (χ4v) is 4.65. The summed E-state index contributed by atoms with van der Waals surface area (Å²) in [5, 5.41) is 0. The molecule has 162 valence electrons. The molecule has 0 unspecified atom stereocenters. The molecule has 0 bridgehead atoms. The lowest BCUT2D eigenvalue weighted by Crippen LogP contribution is -2.35. The Labute approximate surface area is 181 Å². The van der Waals surface area contributed by atoms with Crippen molar-refractivity contribution in [1.29, 1.82) is 0 Å². The van der Waals surface area contributed by atoms with Crippen LogP contribution in [0.15, 0.2) is 48.5 Å². The maximum atomic E-state index is 5.80. The van der Waals surface area contributed by atoms with Gasteiger partial charge in [0.05, 0.1) is 19.8 Å². The van der Waals surface area contributed by atoms with Crippen molar-refractivity contribution in [3.8, 4) is 5.75 Å². The van der Waals surface area contributed by atoms with Crippen molar-refractivity contribution in [3.63, 3.8) is 0 Å². The zero-order chi connectivity index (χ0) is 20.6. The summed E-state index contributed by atoms with van der Waals surface area (Å²) in [5.74, 6) is 1.84. The largest absolute Gasteiger partial charge is 0.494 e. The Kier molecular flexibility index (Phi) is 7.79. The Balaban J connectivity index is 1.23. The summed E-state index contributed by atoms with van der Waals surface area (Å²) in [6, 6.07) is 17.8. The normalized spacial score (nSPS) is 19.1. The van der Waals surface area contributed by atoms with Gasteiger partial charge in [-0.05, 0) is 62.4 Å². The molecule has 2 aromatic rings. The van der Waals surface area contributed by atoms with Gasteiger partial charge >= 0.3 is 0 Å². The Morgan fingerprint density at radius 2 is 1.50 bits per heavy atom. The van der Waals surface area contributed by atoms with Gasteiger partial charge in [0.1, 0.15) is 5.75 Å². The number of ether oxygens (including phenoxy) is 2. The van der Waals surface area contributed by atoms with Crippen LogP contribution in [0.2, 0.25) is 0 Å². The number of morpholine rings is 1. The molecule has 0 aliphatic carbocycles. The first-order valence-electron chi connectivity index (χ1n) is 11.6. The molecule has 0 saturated carbocycles. The van der Waals surface area contributed by atoms with Crippen LogP contribution in [0, 0.1) is 5.92 Å². The molecule has 2 aliphatic heterocycles. The van der Waals surface area contributed by atoms with Gasteiger partial charge in [0.15, 0.2) is 0 Å². The van der Waals surface area contributed by atoms with E-state index in [9.17, 15) is 0 Å². The van der Waals surface area contributed by atoms with Gasteiger partial charge in [-0.1, -0.05) is 42.5 Å². The zero-order valence-electron chi connectivity index (χ0n) is 18.4. The summed E-state index contributed by atoms with van der Waals surface area (Å²) < 4.78 is 11.2. The van der Waals surface area contributed by atoms with Crippen LogP contribution in [0.25, 0.3) is 0 Å². The van der Waals surface area contributed by atoms with E-state index in [1.807, 2.05) is 0 Å². The molecule has 4 rings (SSSR count). The van der Waals surface area contributed by atoms with Gasteiger partial charge in [0.2, 0.25) is 0 Å². The smallest absolute Gasteiger partial charge is 0.123 e. The molecule has 0 radical (unpaired) electrons. The van der Waals surface area contributed by atoms with Crippen LogP contribution in [0.4, 0.5) is 0 Å². The van der Waals surface area contributed by atoms with Gasteiger partial charge in [-0.25, -0.2) is 0 Å². The molecule has 2 fully saturated rings. The molecular formula is C26H36N2O2. The van der Waals surface area contributed by atoms with E-state index < -0.39 is 0 Å². The predicted octanol–water partition coefficient (Wildman–Crippen LogP) is 4.37. The molecule has 2 heterocycles. The van der Waals surface area contributed by atoms with Gasteiger partial charge < -0.3 is 9.47 Å². The number of hydrogen-bond donors (Lipinski definition) is 0. The maximum absolute atomic E-state index is 5.80. The molecule has 2 aliphatic rings. The van der Waals surface area contributed by atoms with Gasteiger partial charge in [-0.3, -0.25) is 9.80 Å². The van der Waals surface area contributed by atoms with Crippen molar-refractivity contribution in [1.82, 2.24) is 9.80 Å². The average molecular weight is 409 g/mol. The third kappa shape index (κ3) is 6.07. The summed E-state index contributed by atoms with van der Waals surface area (Å²) in [7, 11) is 0. The fourth-order valence-electron chi connectivity index (χ4n) is 4.65. The molecule has 4 nitrogen and oxygen atoms in total. The minimum Gasteiger partial charge on any atom is -0.494 e. The van der Waals surface area contributed by atoms with Crippen LogP contribution >= 0.6 is 0 Å². The second kappa shape index (κ2) is 10.9. The van der Waals surface area contributed by atoms with Gasteiger partial charge in [-0.2, -0.15) is 0 Å². The van der Waals surface area contributed by atoms with E-state index in [1.165, 1.54) is 49.0 Å². The highest BCUT2D eigenvalue weighted by atomic mass is 16.5. The molecule has 0 amide bonds. The lowest BCUT2D eigenvalue weighted by atomic mass is 9.89. The third-order valence-corrected chi connectivity index (χ3v) is 6.43. The van der Waals surface area contributed by atoms with Crippen molar-refractivity contribution in [2.24, 2.45) is 5.92 Å². The number of piperidine rings is 1. The number of likely N-dealkylation sites (tertiary alicyclic amines) is 1. The Morgan fingerprint density at radius 3 is 2.23 bits per heavy atom. The number of para-hydroxylation sites is 1. The second-order valence-electron chi connectivity index (χ2n) is 8.67. The minimum atomic E-state index is 0.727. The molecule has 2 saturated heterocycles. The summed E-state index contributed by atoms with van der Waals surface area (Å²) >= 11 is 0. The van der Waals surface area contributed by atoms with E-state index in [0.717, 1.165) is 57.7 Å². The van der Waals surface area contributed by atoms with Crippen molar-refractivity contribution in [2.45, 2.75) is 39.3 Å². The molecule has 0 atom stereocenters. The van der Waals surface area contributed by atoms with Gasteiger partial charge in [-0.15, -0.1) is 0 Å². The highest BCUT2D eigenvalue weighted by Gasteiger charge is 2.20. The van der Waals surface area contributed by atoms with Crippen molar-refractivity contribution in [3.05, 3.63) is 65.2 Å². The molecular weight excluding hydrogens is 372 g/mol. The second-order valence-corrected chi connectivity index (χ2v) is 8.67. The van der Waals surface area contributed by atoms with Gasteiger partial charge in [0.25, 0.3) is 0 Å². The first-order chi connectivity index (χ1) is 14.8. The number of benzene rings is 2. The lowest BCUT2D eigenvalue weighted by molar-refractivity contribution is 0.0342. The molecule has 0 aromatic heterocycles. The Morgan fingerprint density at radius 1 is 0.833 bits per heavy atom. The zero-order valence-corrected chi connectivity index (χ0v) is 18.4. The van der Waals surface area contributed by atoms with Crippen LogP contribution in [0.1, 0.15) is 36.5 Å². The fraction of sp³-hybridized carbons (Fsp3) is 0.538. The van der Waals surface area contributed by atoms with Crippen LogP contribution in [0.3, 0.4) is 0 Å². The third-order valence-electron chi connectivity index (χ3n) is 6.43. The van der Waals surface area contributed by atoms with E-state index in [2.05, 4.69) is 65.3 Å². The molecule has 0 N–H and O–H groups in total. The van der Waals surface area contributed by atoms with E-state index >= 15 is 0 Å². The first-order valence-corrected chi connectivity index (χ1v) is 11.6. The topological polar surface area (TPSA) is 24.9 Å². The quantitative estimate of drug-likeness (QED) is 0.647. The highest BCUT2D eigenvalue weighted by molar-refractivity contribution is 5.33. The minimum absolute atomic E-state index is 0.727. The molecule has 30 heavy (non-hydrogen) atoms. The van der Waals surface area contributed by atoms with E-state index in [0.29, 0.717) is 0 Å². The first kappa shape index (κ1) is 21.4. The summed E-state index contributed by atoms with van der Waals surface area (Å²) in [6.45, 7) is 11.0. The van der Waals surface area contributed by atoms with Crippen molar-refractivity contribution >= 4 is 0 Å². The molecule has 4 heteroatoms. The van der Waals surface area contributed by atoms with Crippen LogP contribution in [-0.4, -0.2) is 55.8 Å². The van der Waals surface area contributed by atoms with E-state index in [1.54, 1.807) is 0 Å².